The van der Waals surface area contributed by atoms with Crippen molar-refractivity contribution in [3.8, 4) is 21.8 Å². The molecule has 1 amide bonds. The third kappa shape index (κ3) is 3.91. The molecule has 4 aromatic rings. The Morgan fingerprint density at radius 1 is 1.00 bits per heavy atom. The van der Waals surface area contributed by atoms with Crippen molar-refractivity contribution in [3.63, 3.8) is 0 Å². The van der Waals surface area contributed by atoms with Crippen LogP contribution < -0.4 is 5.32 Å². The maximum Gasteiger partial charge on any atom is 0.255 e. The van der Waals surface area contributed by atoms with Crippen molar-refractivity contribution >= 4 is 22.9 Å². The van der Waals surface area contributed by atoms with Gasteiger partial charge in [0.2, 0.25) is 0 Å². The number of pyridine rings is 1. The molecular weight excluding hydrogens is 361 g/mol. The van der Waals surface area contributed by atoms with Crippen molar-refractivity contribution in [2.45, 2.75) is 0 Å². The lowest BCUT2D eigenvalue weighted by atomic mass is 10.1. The average molecular weight is 375 g/mol. The Kier molecular flexibility index (Phi) is 4.72. The number of benzene rings is 2. The first-order chi connectivity index (χ1) is 13.2. The number of hydrogen-bond acceptors (Lipinski definition) is 4. The number of nitrogens with one attached hydrogen (secondary N) is 1. The van der Waals surface area contributed by atoms with E-state index in [1.54, 1.807) is 24.5 Å². The first-order valence-corrected chi connectivity index (χ1v) is 9.10. The van der Waals surface area contributed by atoms with Crippen LogP contribution in [-0.4, -0.2) is 15.9 Å². The van der Waals surface area contributed by atoms with Crippen molar-refractivity contribution in [1.82, 2.24) is 9.97 Å². The number of rotatable bonds is 4. The highest BCUT2D eigenvalue weighted by Crippen LogP contribution is 2.29. The molecule has 2 aromatic carbocycles. The lowest BCUT2D eigenvalue weighted by Gasteiger charge is -2.07. The Hall–Kier alpha value is -3.38. The van der Waals surface area contributed by atoms with Crippen molar-refractivity contribution in [2.24, 2.45) is 0 Å². The van der Waals surface area contributed by atoms with Gasteiger partial charge in [-0.15, -0.1) is 11.3 Å². The lowest BCUT2D eigenvalue weighted by molar-refractivity contribution is 0.102. The summed E-state index contributed by atoms with van der Waals surface area (Å²) in [5.41, 5.74) is 3.56. The molecule has 27 heavy (non-hydrogen) atoms. The second-order valence-corrected chi connectivity index (χ2v) is 6.68. The van der Waals surface area contributed by atoms with Crippen LogP contribution in [0, 0.1) is 5.82 Å². The third-order valence-electron chi connectivity index (χ3n) is 3.92. The van der Waals surface area contributed by atoms with Gasteiger partial charge < -0.3 is 5.32 Å². The van der Waals surface area contributed by atoms with E-state index in [-0.39, 0.29) is 11.5 Å². The van der Waals surface area contributed by atoms with E-state index >= 15 is 0 Å². The molecule has 0 saturated heterocycles. The minimum atomic E-state index is -0.443. The van der Waals surface area contributed by atoms with E-state index < -0.39 is 5.82 Å². The maximum absolute atomic E-state index is 13.3. The van der Waals surface area contributed by atoms with Gasteiger partial charge in [-0.05, 0) is 42.5 Å². The van der Waals surface area contributed by atoms with Crippen LogP contribution in [0.1, 0.15) is 10.4 Å². The topological polar surface area (TPSA) is 54.9 Å². The molecule has 0 unspecified atom stereocenters. The minimum absolute atomic E-state index is 0.271. The summed E-state index contributed by atoms with van der Waals surface area (Å²) in [6, 6.07) is 16.8. The molecule has 4 nitrogen and oxygen atoms in total. The first-order valence-electron chi connectivity index (χ1n) is 8.22. The molecule has 1 N–H and O–H groups in total. The fourth-order valence-electron chi connectivity index (χ4n) is 2.62. The van der Waals surface area contributed by atoms with E-state index in [0.29, 0.717) is 5.69 Å². The highest BCUT2D eigenvalue weighted by molar-refractivity contribution is 7.13. The number of amides is 1. The van der Waals surface area contributed by atoms with Crippen molar-refractivity contribution < 1.29 is 9.18 Å². The minimum Gasteiger partial charge on any atom is -0.322 e. The van der Waals surface area contributed by atoms with Crippen LogP contribution in [0.5, 0.6) is 0 Å². The average Bonchev–Trinajstić information content (AvgIpc) is 3.19. The monoisotopic (exact) mass is 375 g/mol. The molecule has 0 aliphatic carbocycles. The molecule has 0 aliphatic rings. The van der Waals surface area contributed by atoms with Crippen LogP contribution in [-0.2, 0) is 0 Å². The summed E-state index contributed by atoms with van der Waals surface area (Å²) in [6.45, 7) is 0. The smallest absolute Gasteiger partial charge is 0.255 e. The summed E-state index contributed by atoms with van der Waals surface area (Å²) in [4.78, 5) is 21.1. The van der Waals surface area contributed by atoms with Crippen LogP contribution in [0.15, 0.2) is 78.4 Å². The van der Waals surface area contributed by atoms with Crippen molar-refractivity contribution in [1.29, 1.82) is 0 Å². The van der Waals surface area contributed by atoms with Gasteiger partial charge in [0.25, 0.3) is 5.91 Å². The van der Waals surface area contributed by atoms with Crippen molar-refractivity contribution in [2.75, 3.05) is 5.32 Å². The summed E-state index contributed by atoms with van der Waals surface area (Å²) in [7, 11) is 0. The quantitative estimate of drug-likeness (QED) is 0.529. The zero-order valence-corrected chi connectivity index (χ0v) is 14.9. The van der Waals surface area contributed by atoms with Gasteiger partial charge in [-0.25, -0.2) is 9.37 Å². The SMILES string of the molecule is O=C(Nc1cccc(-c2csc(-c3cccnc3)n2)c1)c1cccc(F)c1. The van der Waals surface area contributed by atoms with Gasteiger partial charge >= 0.3 is 0 Å². The van der Waals surface area contributed by atoms with E-state index in [2.05, 4.69) is 15.3 Å². The second-order valence-electron chi connectivity index (χ2n) is 5.82. The first kappa shape index (κ1) is 17.1. The van der Waals surface area contributed by atoms with E-state index in [9.17, 15) is 9.18 Å². The molecular formula is C21H14FN3OS. The van der Waals surface area contributed by atoms with Crippen LogP contribution >= 0.6 is 11.3 Å². The van der Waals surface area contributed by atoms with Crippen molar-refractivity contribution in [3.05, 3.63) is 89.8 Å². The Balaban J connectivity index is 1.56. The van der Waals surface area contributed by atoms with Crippen LogP contribution in [0.2, 0.25) is 0 Å². The molecule has 0 saturated carbocycles. The molecule has 0 fully saturated rings. The largest absolute Gasteiger partial charge is 0.322 e. The van der Waals surface area contributed by atoms with Gasteiger partial charge in [0.1, 0.15) is 10.8 Å². The molecule has 0 atom stereocenters. The molecule has 0 aliphatic heterocycles. The third-order valence-corrected chi connectivity index (χ3v) is 4.81. The summed E-state index contributed by atoms with van der Waals surface area (Å²) in [5, 5.41) is 5.64. The number of anilines is 1. The predicted molar refractivity (Wildman–Crippen MR) is 105 cm³/mol. The number of carbonyl (C=O) groups is 1. The number of nitrogens with zero attached hydrogens (tertiary/aromatic N) is 2. The van der Waals surface area contributed by atoms with Crippen LogP contribution in [0.25, 0.3) is 21.8 Å². The standard InChI is InChI=1S/C21H14FN3OS/c22-17-7-1-5-15(10-17)20(26)24-18-8-2-4-14(11-18)19-13-27-21(25-19)16-6-3-9-23-12-16/h1-13H,(H,24,26). The van der Waals surface area contributed by atoms with Gasteiger partial charge in [0.05, 0.1) is 5.69 Å². The zero-order chi connectivity index (χ0) is 18.6. The molecule has 2 heterocycles. The number of halogens is 1. The summed E-state index contributed by atoms with van der Waals surface area (Å²) < 4.78 is 13.3. The van der Waals surface area contributed by atoms with Gasteiger partial charge in [-0.3, -0.25) is 9.78 Å². The number of thiazole rings is 1. The predicted octanol–water partition coefficient (Wildman–Crippen LogP) is 5.26. The Morgan fingerprint density at radius 3 is 2.67 bits per heavy atom. The Bertz CT molecular complexity index is 1100. The van der Waals surface area contributed by atoms with E-state index in [1.807, 2.05) is 35.7 Å². The van der Waals surface area contributed by atoms with Gasteiger partial charge in [0, 0.05) is 40.2 Å². The van der Waals surface area contributed by atoms with E-state index in [1.165, 1.54) is 29.5 Å². The van der Waals surface area contributed by atoms with E-state index in [0.717, 1.165) is 21.8 Å². The number of hydrogen-bond donors (Lipinski definition) is 1. The summed E-state index contributed by atoms with van der Waals surface area (Å²) >= 11 is 1.54. The highest BCUT2D eigenvalue weighted by atomic mass is 32.1. The molecule has 0 bridgehead atoms. The second kappa shape index (κ2) is 7.47. The fourth-order valence-corrected chi connectivity index (χ4v) is 3.44. The van der Waals surface area contributed by atoms with Gasteiger partial charge in [0.15, 0.2) is 0 Å². The molecule has 132 valence electrons. The normalized spacial score (nSPS) is 10.6. The van der Waals surface area contributed by atoms with Gasteiger partial charge in [-0.1, -0.05) is 18.2 Å². The van der Waals surface area contributed by atoms with E-state index in [4.69, 9.17) is 0 Å². The molecule has 6 heteroatoms. The Labute approximate surface area is 159 Å². The fraction of sp³-hybridized carbons (Fsp3) is 0. The van der Waals surface area contributed by atoms with Crippen LogP contribution in [0.4, 0.5) is 10.1 Å². The highest BCUT2D eigenvalue weighted by Gasteiger charge is 2.10. The van der Waals surface area contributed by atoms with Crippen LogP contribution in [0.3, 0.4) is 0 Å². The molecule has 0 spiro atoms. The molecule has 0 radical (unpaired) electrons. The number of aromatic nitrogens is 2. The summed E-state index contributed by atoms with van der Waals surface area (Å²) in [6.07, 6.45) is 3.50. The molecule has 2 aromatic heterocycles. The zero-order valence-electron chi connectivity index (χ0n) is 14.1. The number of carbonyl (C=O) groups excluding carboxylic acids is 1. The maximum atomic E-state index is 13.3. The lowest BCUT2D eigenvalue weighted by Crippen LogP contribution is -2.12. The summed E-state index contributed by atoms with van der Waals surface area (Å²) in [5.74, 6) is -0.803. The molecule has 4 rings (SSSR count). The Morgan fingerprint density at radius 2 is 1.85 bits per heavy atom. The van der Waals surface area contributed by atoms with Gasteiger partial charge in [-0.2, -0.15) is 0 Å².